The summed E-state index contributed by atoms with van der Waals surface area (Å²) >= 11 is 0. The lowest BCUT2D eigenvalue weighted by molar-refractivity contribution is -0.252. The zero-order chi connectivity index (χ0) is 30.8. The van der Waals surface area contributed by atoms with Gasteiger partial charge in [-0.2, -0.15) is 0 Å². The third kappa shape index (κ3) is 3.85. The monoisotopic (exact) mass is 590 g/mol. The van der Waals surface area contributed by atoms with Gasteiger partial charge in [-0.3, -0.25) is 0 Å². The van der Waals surface area contributed by atoms with Gasteiger partial charge in [0.25, 0.3) is 0 Å². The number of rotatable bonds is 3. The lowest BCUT2D eigenvalue weighted by Gasteiger charge is -2.73. The number of carboxylic acids is 1. The van der Waals surface area contributed by atoms with E-state index in [0.717, 1.165) is 25.4 Å². The predicted molar refractivity (Wildman–Crippen MR) is 167 cm³/mol. The molecule has 5 aliphatic carbocycles. The van der Waals surface area contributed by atoms with Gasteiger partial charge in [0.15, 0.2) is 0 Å². The number of fused-ring (bicyclic) bond motifs is 5. The van der Waals surface area contributed by atoms with Crippen molar-refractivity contribution in [2.24, 2.45) is 56.2 Å². The van der Waals surface area contributed by atoms with Gasteiger partial charge in [0.05, 0.1) is 23.8 Å². The summed E-state index contributed by atoms with van der Waals surface area (Å²) in [6.45, 7) is 18.5. The van der Waals surface area contributed by atoms with Crippen molar-refractivity contribution in [2.75, 3.05) is 6.61 Å². The third-order valence-electron chi connectivity index (χ3n) is 15.7. The highest BCUT2D eigenvalue weighted by molar-refractivity contribution is 6.02. The van der Waals surface area contributed by atoms with Crippen molar-refractivity contribution < 1.29 is 24.2 Å². The zero-order valence-corrected chi connectivity index (χ0v) is 27.6. The van der Waals surface area contributed by atoms with Gasteiger partial charge in [0, 0.05) is 5.41 Å². The van der Waals surface area contributed by atoms with Crippen LogP contribution in [0, 0.1) is 56.2 Å². The normalized spacial score (nSPS) is 47.3. The summed E-state index contributed by atoms with van der Waals surface area (Å²) in [5, 5.41) is 9.66. The van der Waals surface area contributed by atoms with Crippen LogP contribution in [0.5, 0.6) is 0 Å². The van der Waals surface area contributed by atoms with Gasteiger partial charge >= 0.3 is 11.9 Å². The van der Waals surface area contributed by atoms with Gasteiger partial charge in [-0.05, 0) is 127 Å². The number of aromatic carboxylic acids is 1. The second-order valence-electron chi connectivity index (χ2n) is 17.9. The van der Waals surface area contributed by atoms with Crippen molar-refractivity contribution in [3.05, 3.63) is 35.4 Å². The fraction of sp³-hybridized carbons (Fsp3) is 0.789. The number of carbonyl (C=O) groups is 2. The topological polar surface area (TPSA) is 72.8 Å². The molecule has 2 bridgehead atoms. The average Bonchev–Trinajstić information content (AvgIpc) is 3.29. The first-order chi connectivity index (χ1) is 20.1. The van der Waals surface area contributed by atoms with E-state index >= 15 is 0 Å². The fourth-order valence-corrected chi connectivity index (χ4v) is 13.2. The molecule has 5 heteroatoms. The van der Waals surface area contributed by atoms with Gasteiger partial charge in [0.1, 0.15) is 6.10 Å². The van der Waals surface area contributed by atoms with E-state index in [2.05, 4.69) is 48.5 Å². The van der Waals surface area contributed by atoms with Crippen molar-refractivity contribution >= 4 is 11.9 Å². The maximum absolute atomic E-state index is 13.4. The summed E-state index contributed by atoms with van der Waals surface area (Å²) in [6, 6.07) is 6.43. The molecule has 1 N–H and O–H groups in total. The molecule has 5 nitrogen and oxygen atoms in total. The predicted octanol–water partition coefficient (Wildman–Crippen LogP) is 8.80. The van der Waals surface area contributed by atoms with E-state index in [0.29, 0.717) is 40.1 Å². The molecule has 1 aliphatic heterocycles. The number of ether oxygens (including phenoxy) is 2. The van der Waals surface area contributed by atoms with Crippen molar-refractivity contribution in [2.45, 2.75) is 125 Å². The molecule has 0 radical (unpaired) electrons. The van der Waals surface area contributed by atoms with Crippen molar-refractivity contribution in [1.29, 1.82) is 0 Å². The number of hydrogen-bond donors (Lipinski definition) is 1. The molecule has 236 valence electrons. The Labute approximate surface area is 258 Å². The molecule has 1 aromatic rings. The van der Waals surface area contributed by atoms with E-state index in [9.17, 15) is 14.7 Å². The van der Waals surface area contributed by atoms with Crippen LogP contribution in [0.1, 0.15) is 133 Å². The Morgan fingerprint density at radius 1 is 0.791 bits per heavy atom. The molecule has 6 fully saturated rings. The maximum Gasteiger partial charge on any atom is 0.339 e. The van der Waals surface area contributed by atoms with E-state index in [-0.39, 0.29) is 33.5 Å². The molecule has 6 aliphatic rings. The molecule has 1 saturated heterocycles. The van der Waals surface area contributed by atoms with Crippen LogP contribution in [0.25, 0.3) is 0 Å². The van der Waals surface area contributed by atoms with Crippen molar-refractivity contribution in [1.82, 2.24) is 0 Å². The minimum absolute atomic E-state index is 0.0128. The molecule has 7 rings (SSSR count). The van der Waals surface area contributed by atoms with E-state index in [1.807, 2.05) is 0 Å². The van der Waals surface area contributed by atoms with E-state index in [1.165, 1.54) is 57.4 Å². The van der Waals surface area contributed by atoms with Crippen molar-refractivity contribution in [3.63, 3.8) is 0 Å². The van der Waals surface area contributed by atoms with Crippen LogP contribution >= 0.6 is 0 Å². The van der Waals surface area contributed by atoms with Crippen LogP contribution in [0.15, 0.2) is 24.3 Å². The molecule has 0 aromatic heterocycles. The maximum atomic E-state index is 13.4. The quantitative estimate of drug-likeness (QED) is 0.356. The third-order valence-corrected chi connectivity index (χ3v) is 15.7. The fourth-order valence-electron chi connectivity index (χ4n) is 13.2. The minimum Gasteiger partial charge on any atom is -0.478 e. The number of benzene rings is 1. The Kier molecular flexibility index (Phi) is 6.47. The first-order valence-corrected chi connectivity index (χ1v) is 17.3. The van der Waals surface area contributed by atoms with E-state index < -0.39 is 11.9 Å². The molecule has 5 saturated carbocycles. The standard InChI is InChI=1S/C38H54O5/c1-33(2)18-20-38-21-19-36(6)25(29(38)30(33)42-22-38)12-13-27-35(5)16-15-28(34(3,4)26(35)14-17-37(27,36)7)43-32(41)24-11-9-8-10-23(24)31(39)40/h8-11,25-30H,12-22H2,1-7H3,(H,39,40)/t25?,26?,27?,28?,29?,30?,35-,36+,37+,38?/m0/s1. The SMILES string of the molecule is CC1(C)CCC23CC[C@]4(C)C(CCC5[C@@]6(C)CCC(OC(=O)c7ccccc7C(=O)O)C(C)(C)C6CC[C@]54C)C2C1OC3. The summed E-state index contributed by atoms with van der Waals surface area (Å²) < 4.78 is 13.0. The first kappa shape index (κ1) is 29.8. The van der Waals surface area contributed by atoms with Gasteiger partial charge in [0.2, 0.25) is 0 Å². The second kappa shape index (κ2) is 9.33. The summed E-state index contributed by atoms with van der Waals surface area (Å²) in [6.07, 6.45) is 12.4. The van der Waals surface area contributed by atoms with Crippen LogP contribution in [-0.2, 0) is 9.47 Å². The Morgan fingerprint density at radius 2 is 1.49 bits per heavy atom. The Hall–Kier alpha value is -1.88. The van der Waals surface area contributed by atoms with E-state index in [1.54, 1.807) is 18.2 Å². The molecular weight excluding hydrogens is 536 g/mol. The van der Waals surface area contributed by atoms with Crippen LogP contribution in [0.3, 0.4) is 0 Å². The average molecular weight is 591 g/mol. The number of esters is 1. The van der Waals surface area contributed by atoms with Gasteiger partial charge < -0.3 is 14.6 Å². The molecule has 10 atom stereocenters. The van der Waals surface area contributed by atoms with Gasteiger partial charge in [-0.25, -0.2) is 9.59 Å². The Morgan fingerprint density at radius 3 is 2.21 bits per heavy atom. The highest BCUT2D eigenvalue weighted by Gasteiger charge is 2.73. The Balaban J connectivity index is 1.16. The number of hydrogen-bond acceptors (Lipinski definition) is 4. The molecular formula is C38H54O5. The van der Waals surface area contributed by atoms with Crippen LogP contribution in [0.4, 0.5) is 0 Å². The summed E-state index contributed by atoms with van der Waals surface area (Å²) in [4.78, 5) is 25.2. The highest BCUT2D eigenvalue weighted by atomic mass is 16.5. The molecule has 0 spiro atoms. The van der Waals surface area contributed by atoms with Crippen LogP contribution in [-0.4, -0.2) is 35.9 Å². The van der Waals surface area contributed by atoms with Crippen molar-refractivity contribution in [3.8, 4) is 0 Å². The van der Waals surface area contributed by atoms with Gasteiger partial charge in [-0.15, -0.1) is 0 Å². The number of carbonyl (C=O) groups excluding carboxylic acids is 1. The Bertz CT molecular complexity index is 1330. The van der Waals surface area contributed by atoms with Gasteiger partial charge in [-0.1, -0.05) is 60.6 Å². The lowest BCUT2D eigenvalue weighted by atomic mass is 9.31. The highest BCUT2D eigenvalue weighted by Crippen LogP contribution is 2.78. The smallest absolute Gasteiger partial charge is 0.339 e. The van der Waals surface area contributed by atoms with E-state index in [4.69, 9.17) is 9.47 Å². The lowest BCUT2D eigenvalue weighted by Crippen LogP contribution is -2.68. The second-order valence-corrected chi connectivity index (χ2v) is 17.9. The molecule has 1 heterocycles. The molecule has 43 heavy (non-hydrogen) atoms. The van der Waals surface area contributed by atoms with Crippen LogP contribution < -0.4 is 0 Å². The molecule has 7 unspecified atom stereocenters. The molecule has 0 amide bonds. The first-order valence-electron chi connectivity index (χ1n) is 17.3. The number of carboxylic acid groups (broad SMARTS) is 1. The van der Waals surface area contributed by atoms with Crippen LogP contribution in [0.2, 0.25) is 0 Å². The zero-order valence-electron chi connectivity index (χ0n) is 27.6. The minimum atomic E-state index is -1.09. The summed E-state index contributed by atoms with van der Waals surface area (Å²) in [5.41, 5.74) is 1.49. The molecule has 1 aromatic carbocycles. The summed E-state index contributed by atoms with van der Waals surface area (Å²) in [5.74, 6) is 0.976. The summed E-state index contributed by atoms with van der Waals surface area (Å²) in [7, 11) is 0. The largest absolute Gasteiger partial charge is 0.478 e.